The van der Waals surface area contributed by atoms with E-state index in [1.807, 2.05) is 13.8 Å². The van der Waals surface area contributed by atoms with Gasteiger partial charge in [-0.1, -0.05) is 43.7 Å². The van der Waals surface area contributed by atoms with Crippen LogP contribution in [0.15, 0.2) is 24.3 Å². The molecule has 1 N–H and O–H groups in total. The number of rotatable bonds is 5. The van der Waals surface area contributed by atoms with Gasteiger partial charge in [-0.05, 0) is 24.8 Å². The third kappa shape index (κ3) is 4.96. The molecule has 1 rings (SSSR count). The molecule has 1 radical (unpaired) electrons. The molecule has 2 nitrogen and oxygen atoms in total. The first-order valence-electron chi connectivity index (χ1n) is 5.76. The molecule has 16 heavy (non-hydrogen) atoms. The van der Waals surface area contributed by atoms with Crippen molar-refractivity contribution in [3.05, 3.63) is 41.8 Å². The average Bonchev–Trinajstić information content (AvgIpc) is 2.20. The Hall–Kier alpha value is -1.31. The molecule has 0 fully saturated rings. The Morgan fingerprint density at radius 1 is 1.31 bits per heavy atom. The molecule has 0 spiro atoms. The summed E-state index contributed by atoms with van der Waals surface area (Å²) in [5, 5.41) is 2.88. The predicted octanol–water partition coefficient (Wildman–Crippen LogP) is 2.51. The average molecular weight is 218 g/mol. The number of hydrogen-bond donors (Lipinski definition) is 1. The van der Waals surface area contributed by atoms with Crippen LogP contribution in [0.3, 0.4) is 0 Å². The molecule has 1 aromatic carbocycles. The Kier molecular flexibility index (Phi) is 5.03. The highest BCUT2D eigenvalue weighted by atomic mass is 16.1. The van der Waals surface area contributed by atoms with Gasteiger partial charge in [-0.2, -0.15) is 0 Å². The fourth-order valence-corrected chi connectivity index (χ4v) is 1.45. The lowest BCUT2D eigenvalue weighted by molar-refractivity contribution is -0.118. The van der Waals surface area contributed by atoms with Crippen LogP contribution in [-0.4, -0.2) is 12.5 Å². The Morgan fingerprint density at radius 3 is 2.50 bits per heavy atom. The van der Waals surface area contributed by atoms with Crippen molar-refractivity contribution in [1.29, 1.82) is 0 Å². The van der Waals surface area contributed by atoms with Crippen molar-refractivity contribution in [2.75, 3.05) is 6.54 Å². The van der Waals surface area contributed by atoms with Crippen LogP contribution in [0, 0.1) is 19.3 Å². The zero-order valence-electron chi connectivity index (χ0n) is 10.3. The van der Waals surface area contributed by atoms with Gasteiger partial charge in [0.1, 0.15) is 0 Å². The third-order valence-corrected chi connectivity index (χ3v) is 2.32. The van der Waals surface area contributed by atoms with Crippen molar-refractivity contribution in [2.45, 2.75) is 27.2 Å². The molecular weight excluding hydrogens is 198 g/mol. The molecule has 0 heterocycles. The molecular formula is C14H20NO. The molecule has 0 saturated heterocycles. The summed E-state index contributed by atoms with van der Waals surface area (Å²) >= 11 is 0. The van der Waals surface area contributed by atoms with Crippen LogP contribution in [0.2, 0.25) is 0 Å². The molecule has 87 valence electrons. The summed E-state index contributed by atoms with van der Waals surface area (Å²) in [5.41, 5.74) is 2.52. The van der Waals surface area contributed by atoms with Gasteiger partial charge in [0.25, 0.3) is 0 Å². The molecule has 0 saturated carbocycles. The zero-order valence-corrected chi connectivity index (χ0v) is 10.3. The van der Waals surface area contributed by atoms with Gasteiger partial charge < -0.3 is 5.32 Å². The summed E-state index contributed by atoms with van der Waals surface area (Å²) in [6.07, 6.45) is 2.59. The van der Waals surface area contributed by atoms with E-state index in [0.717, 1.165) is 6.42 Å². The van der Waals surface area contributed by atoms with E-state index in [1.54, 1.807) is 6.42 Å². The second kappa shape index (κ2) is 6.31. The van der Waals surface area contributed by atoms with Gasteiger partial charge in [-0.3, -0.25) is 4.79 Å². The highest BCUT2D eigenvalue weighted by Gasteiger charge is 2.03. The number of carbonyl (C=O) groups is 1. The SMILES string of the molecule is Cc1ccc(CCNC(=O)[CH]C(C)C)cc1. The molecule has 0 bridgehead atoms. The van der Waals surface area contributed by atoms with E-state index in [4.69, 9.17) is 0 Å². The predicted molar refractivity (Wildman–Crippen MR) is 67.0 cm³/mol. The lowest BCUT2D eigenvalue weighted by Gasteiger charge is -2.06. The lowest BCUT2D eigenvalue weighted by atomic mass is 10.1. The number of nitrogens with one attached hydrogen (secondary N) is 1. The third-order valence-electron chi connectivity index (χ3n) is 2.32. The normalized spacial score (nSPS) is 10.5. The molecule has 0 aliphatic carbocycles. The summed E-state index contributed by atoms with van der Waals surface area (Å²) < 4.78 is 0. The maximum absolute atomic E-state index is 11.3. The van der Waals surface area contributed by atoms with Gasteiger partial charge in [0.2, 0.25) is 5.91 Å². The lowest BCUT2D eigenvalue weighted by Crippen LogP contribution is -2.27. The Morgan fingerprint density at radius 2 is 1.94 bits per heavy atom. The number of carbonyl (C=O) groups excluding carboxylic acids is 1. The number of amides is 1. The van der Waals surface area contributed by atoms with Crippen molar-refractivity contribution >= 4 is 5.91 Å². The summed E-state index contributed by atoms with van der Waals surface area (Å²) in [4.78, 5) is 11.3. The molecule has 0 aliphatic rings. The molecule has 2 heteroatoms. The van der Waals surface area contributed by atoms with E-state index in [9.17, 15) is 4.79 Å². The first kappa shape index (κ1) is 12.8. The van der Waals surface area contributed by atoms with E-state index in [-0.39, 0.29) is 5.91 Å². The van der Waals surface area contributed by atoms with Crippen molar-refractivity contribution < 1.29 is 4.79 Å². The fourth-order valence-electron chi connectivity index (χ4n) is 1.45. The van der Waals surface area contributed by atoms with Gasteiger partial charge in [0.15, 0.2) is 0 Å². The molecule has 0 unspecified atom stereocenters. The smallest absolute Gasteiger partial charge is 0.224 e. The van der Waals surface area contributed by atoms with Crippen molar-refractivity contribution in [1.82, 2.24) is 5.32 Å². The van der Waals surface area contributed by atoms with Gasteiger partial charge >= 0.3 is 0 Å². The maximum Gasteiger partial charge on any atom is 0.224 e. The van der Waals surface area contributed by atoms with E-state index in [1.165, 1.54) is 11.1 Å². The standard InChI is InChI=1S/C14H20NO/c1-11(2)10-14(16)15-9-8-13-6-4-12(3)5-7-13/h4-7,10-11H,8-9H2,1-3H3,(H,15,16). The van der Waals surface area contributed by atoms with Crippen molar-refractivity contribution in [3.63, 3.8) is 0 Å². The quantitative estimate of drug-likeness (QED) is 0.808. The summed E-state index contributed by atoms with van der Waals surface area (Å²) in [6, 6.07) is 8.40. The molecule has 1 aromatic rings. The molecule has 1 amide bonds. The van der Waals surface area contributed by atoms with Gasteiger partial charge in [-0.25, -0.2) is 0 Å². The van der Waals surface area contributed by atoms with Crippen LogP contribution < -0.4 is 5.32 Å². The fraction of sp³-hybridized carbons (Fsp3) is 0.429. The number of benzene rings is 1. The van der Waals surface area contributed by atoms with E-state index in [0.29, 0.717) is 12.5 Å². The highest BCUT2D eigenvalue weighted by molar-refractivity contribution is 5.84. The van der Waals surface area contributed by atoms with Crippen LogP contribution in [-0.2, 0) is 11.2 Å². The monoisotopic (exact) mass is 218 g/mol. The minimum atomic E-state index is 0.0297. The minimum absolute atomic E-state index is 0.0297. The van der Waals surface area contributed by atoms with Crippen LogP contribution in [0.25, 0.3) is 0 Å². The van der Waals surface area contributed by atoms with Crippen LogP contribution >= 0.6 is 0 Å². The van der Waals surface area contributed by atoms with Gasteiger partial charge in [0, 0.05) is 6.54 Å². The van der Waals surface area contributed by atoms with E-state index >= 15 is 0 Å². The topological polar surface area (TPSA) is 29.1 Å². The van der Waals surface area contributed by atoms with Gasteiger partial charge in [-0.15, -0.1) is 0 Å². The maximum atomic E-state index is 11.3. The second-order valence-electron chi connectivity index (χ2n) is 4.44. The molecule has 0 aromatic heterocycles. The number of hydrogen-bond acceptors (Lipinski definition) is 1. The Bertz CT molecular complexity index is 327. The Labute approximate surface area is 98.1 Å². The molecule has 0 aliphatic heterocycles. The molecule has 0 atom stereocenters. The van der Waals surface area contributed by atoms with E-state index < -0.39 is 0 Å². The summed E-state index contributed by atoms with van der Waals surface area (Å²) in [7, 11) is 0. The van der Waals surface area contributed by atoms with Crippen LogP contribution in [0.5, 0.6) is 0 Å². The zero-order chi connectivity index (χ0) is 12.0. The summed E-state index contributed by atoms with van der Waals surface area (Å²) in [5.74, 6) is 0.335. The number of aryl methyl sites for hydroxylation is 1. The largest absolute Gasteiger partial charge is 0.356 e. The van der Waals surface area contributed by atoms with Crippen molar-refractivity contribution in [2.24, 2.45) is 5.92 Å². The van der Waals surface area contributed by atoms with Crippen molar-refractivity contribution in [3.8, 4) is 0 Å². The first-order chi connectivity index (χ1) is 7.58. The Balaban J connectivity index is 2.25. The van der Waals surface area contributed by atoms with Crippen LogP contribution in [0.1, 0.15) is 25.0 Å². The summed E-state index contributed by atoms with van der Waals surface area (Å²) in [6.45, 7) is 6.77. The van der Waals surface area contributed by atoms with Crippen LogP contribution in [0.4, 0.5) is 0 Å². The van der Waals surface area contributed by atoms with Gasteiger partial charge in [0.05, 0.1) is 6.42 Å². The second-order valence-corrected chi connectivity index (χ2v) is 4.44. The minimum Gasteiger partial charge on any atom is -0.356 e. The van der Waals surface area contributed by atoms with E-state index in [2.05, 4.69) is 36.5 Å². The highest BCUT2D eigenvalue weighted by Crippen LogP contribution is 2.03. The first-order valence-corrected chi connectivity index (χ1v) is 5.76.